The van der Waals surface area contributed by atoms with Crippen LogP contribution in [-0.2, 0) is 9.47 Å². The third kappa shape index (κ3) is 8.91. The number of amides is 2. The van der Waals surface area contributed by atoms with Gasteiger partial charge in [-0.1, -0.05) is 5.92 Å². The van der Waals surface area contributed by atoms with Crippen molar-refractivity contribution >= 4 is 34.3 Å². The molecule has 8 rings (SSSR count). The van der Waals surface area contributed by atoms with Gasteiger partial charge in [0.25, 0.3) is 0 Å². The first kappa shape index (κ1) is 42.0. The molecular formula is C43H56F2N8O6. The first-order valence-electron chi connectivity index (χ1n) is 20.6. The summed E-state index contributed by atoms with van der Waals surface area (Å²) < 4.78 is 41.1. The number of likely N-dealkylation sites (tertiary alicyclic amines) is 4. The smallest absolute Gasteiger partial charge is 0.410 e. The van der Waals surface area contributed by atoms with E-state index in [0.717, 1.165) is 75.7 Å². The van der Waals surface area contributed by atoms with Crippen LogP contribution in [0.25, 0.3) is 22.1 Å². The van der Waals surface area contributed by atoms with Crippen LogP contribution in [0.15, 0.2) is 46.0 Å². The van der Waals surface area contributed by atoms with Gasteiger partial charge < -0.3 is 29.2 Å². The summed E-state index contributed by atoms with van der Waals surface area (Å²) in [5, 5.41) is 0. The highest BCUT2D eigenvalue weighted by Crippen LogP contribution is 2.36. The monoisotopic (exact) mass is 818 g/mol. The van der Waals surface area contributed by atoms with E-state index < -0.39 is 5.60 Å². The summed E-state index contributed by atoms with van der Waals surface area (Å²) in [6.07, 6.45) is 9.64. The Bertz CT molecular complexity index is 2340. The van der Waals surface area contributed by atoms with Gasteiger partial charge >= 0.3 is 23.6 Å². The molecule has 2 amide bonds. The molecule has 14 nitrogen and oxygen atoms in total. The standard InChI is InChI=1S/C22H31FN4O3.C21H25FN4O3/c1-21(2,3)30-20(29)25-12-9-22(4,14-25)26-10-7-16(8-11-26)27-18-6-5-15(23)13-17(18)24-19(27)28;1-3-12-29-20(28)24-11-8-21(2,14-24)25-9-6-16(7-10-25)26-18-5-4-15(22)13-17(18)23-19(26)27/h5-6,13,16H,7-12,14H2,1-4H3,(H,24,28);1,4-5,13,16H,6-12,14H2,2H3,(H,23,27). The van der Waals surface area contributed by atoms with Crippen LogP contribution in [0, 0.1) is 24.0 Å². The van der Waals surface area contributed by atoms with Gasteiger partial charge in [-0.2, -0.15) is 0 Å². The first-order valence-corrected chi connectivity index (χ1v) is 20.6. The number of ether oxygens (including phenoxy) is 2. The van der Waals surface area contributed by atoms with Crippen molar-refractivity contribution in [2.75, 3.05) is 59.0 Å². The van der Waals surface area contributed by atoms with Crippen LogP contribution in [0.5, 0.6) is 0 Å². The molecule has 0 radical (unpaired) electrons. The molecule has 0 saturated carbocycles. The predicted octanol–water partition coefficient (Wildman–Crippen LogP) is 5.84. The van der Waals surface area contributed by atoms with E-state index in [4.69, 9.17) is 15.9 Å². The van der Waals surface area contributed by atoms with Crippen LogP contribution in [0.4, 0.5) is 18.4 Å². The van der Waals surface area contributed by atoms with Crippen LogP contribution in [0.2, 0.25) is 0 Å². The van der Waals surface area contributed by atoms with E-state index in [0.29, 0.717) is 37.2 Å². The first-order chi connectivity index (χ1) is 28.0. The highest BCUT2D eigenvalue weighted by atomic mass is 19.1. The number of imidazole rings is 2. The number of aromatic nitrogens is 4. The average molecular weight is 819 g/mol. The number of hydrogen-bond acceptors (Lipinski definition) is 8. The normalized spacial score (nSPS) is 23.7. The van der Waals surface area contributed by atoms with Gasteiger partial charge in [-0.3, -0.25) is 18.9 Å². The Hall–Kier alpha value is -5.14. The Morgan fingerprint density at radius 2 is 1.17 bits per heavy atom. The van der Waals surface area contributed by atoms with Crippen molar-refractivity contribution in [2.45, 2.75) is 102 Å². The lowest BCUT2D eigenvalue weighted by Crippen LogP contribution is -2.52. The SMILES string of the molecule is C#CCOC(=O)N1CCC(C)(N2CCC(n3c(=O)[nH]c4cc(F)ccc43)CC2)C1.CC(C)(C)OC(=O)N1CCC(C)(N2CCC(n3c(=O)[nH]c4cc(F)ccc43)CC2)C1. The maximum absolute atomic E-state index is 13.5. The fourth-order valence-electron chi connectivity index (χ4n) is 9.50. The van der Waals surface area contributed by atoms with Crippen molar-refractivity contribution in [3.05, 3.63) is 69.0 Å². The van der Waals surface area contributed by atoms with Crippen molar-refractivity contribution in [1.82, 2.24) is 38.7 Å². The molecule has 4 aliphatic heterocycles. The van der Waals surface area contributed by atoms with Crippen molar-refractivity contribution < 1.29 is 27.8 Å². The van der Waals surface area contributed by atoms with E-state index in [1.54, 1.807) is 31.1 Å². The number of H-pyrrole nitrogens is 2. The van der Waals surface area contributed by atoms with Gasteiger partial charge in [-0.25, -0.2) is 28.0 Å². The lowest BCUT2D eigenvalue weighted by molar-refractivity contribution is 0.0221. The van der Waals surface area contributed by atoms with Crippen molar-refractivity contribution in [3.8, 4) is 12.3 Å². The van der Waals surface area contributed by atoms with Crippen LogP contribution < -0.4 is 11.4 Å². The molecule has 4 saturated heterocycles. The quantitative estimate of drug-likeness (QED) is 0.240. The number of halogens is 2. The van der Waals surface area contributed by atoms with Gasteiger partial charge in [0, 0.05) is 75.5 Å². The minimum atomic E-state index is -0.496. The summed E-state index contributed by atoms with van der Waals surface area (Å²) in [7, 11) is 0. The lowest BCUT2D eigenvalue weighted by atomic mass is 9.94. The van der Waals surface area contributed by atoms with Crippen LogP contribution in [0.3, 0.4) is 0 Å². The van der Waals surface area contributed by atoms with Gasteiger partial charge in [-0.15, -0.1) is 6.42 Å². The number of terminal acetylenes is 1. The number of carbonyl (C=O) groups excluding carboxylic acids is 2. The van der Waals surface area contributed by atoms with Gasteiger partial charge in [0.05, 0.1) is 22.1 Å². The number of nitrogens with one attached hydrogen (secondary N) is 2. The molecule has 4 aromatic rings. The van der Waals surface area contributed by atoms with Crippen LogP contribution in [-0.4, -0.2) is 127 Å². The Kier molecular flexibility index (Phi) is 11.7. The molecule has 0 spiro atoms. The molecule has 6 heterocycles. The molecule has 16 heteroatoms. The number of fused-ring (bicyclic) bond motifs is 2. The van der Waals surface area contributed by atoms with Gasteiger partial charge in [0.2, 0.25) is 0 Å². The Balaban J connectivity index is 0.000000179. The molecule has 318 valence electrons. The summed E-state index contributed by atoms with van der Waals surface area (Å²) in [4.78, 5) is 63.4. The summed E-state index contributed by atoms with van der Waals surface area (Å²) in [5.41, 5.74) is 1.48. The van der Waals surface area contributed by atoms with Crippen LogP contribution >= 0.6 is 0 Å². The molecule has 4 fully saturated rings. The number of carbonyl (C=O) groups is 2. The molecule has 2 unspecified atom stereocenters. The van der Waals surface area contributed by atoms with E-state index in [9.17, 15) is 28.0 Å². The molecule has 0 aliphatic carbocycles. The molecule has 59 heavy (non-hydrogen) atoms. The van der Waals surface area contributed by atoms with E-state index in [1.165, 1.54) is 24.3 Å². The van der Waals surface area contributed by atoms with Crippen molar-refractivity contribution in [1.29, 1.82) is 0 Å². The zero-order chi connectivity index (χ0) is 42.3. The second-order valence-corrected chi connectivity index (χ2v) is 17.9. The molecule has 4 aliphatic rings. The Morgan fingerprint density at radius 1 is 0.746 bits per heavy atom. The number of nitrogens with zero attached hydrogens (tertiary/aromatic N) is 6. The third-order valence-electron chi connectivity index (χ3n) is 12.6. The highest BCUT2D eigenvalue weighted by molar-refractivity contribution is 5.76. The molecule has 0 bridgehead atoms. The number of hydrogen-bond donors (Lipinski definition) is 2. The number of aromatic amines is 2. The van der Waals surface area contributed by atoms with Gasteiger partial charge in [-0.05, 0) is 110 Å². The fraction of sp³-hybridized carbons (Fsp3) is 0.581. The second kappa shape index (κ2) is 16.5. The van der Waals surface area contributed by atoms with Crippen molar-refractivity contribution in [3.63, 3.8) is 0 Å². The highest BCUT2D eigenvalue weighted by Gasteiger charge is 2.44. The minimum Gasteiger partial charge on any atom is -0.444 e. The molecule has 2 atom stereocenters. The largest absolute Gasteiger partial charge is 0.444 e. The maximum Gasteiger partial charge on any atom is 0.410 e. The summed E-state index contributed by atoms with van der Waals surface area (Å²) in [6.45, 7) is 16.0. The molecule has 2 N–H and O–H groups in total. The molecule has 2 aromatic carbocycles. The zero-order valence-corrected chi connectivity index (χ0v) is 34.7. The summed E-state index contributed by atoms with van der Waals surface area (Å²) >= 11 is 0. The summed E-state index contributed by atoms with van der Waals surface area (Å²) in [5.74, 6) is 1.60. The van der Waals surface area contributed by atoms with E-state index >= 15 is 0 Å². The van der Waals surface area contributed by atoms with E-state index in [2.05, 4.69) is 39.5 Å². The maximum atomic E-state index is 13.5. The summed E-state index contributed by atoms with van der Waals surface area (Å²) in [6, 6.07) is 8.99. The topological polar surface area (TPSA) is 141 Å². The third-order valence-corrected chi connectivity index (χ3v) is 12.6. The molecule has 2 aromatic heterocycles. The number of piperidine rings is 2. The Morgan fingerprint density at radius 3 is 1.58 bits per heavy atom. The lowest BCUT2D eigenvalue weighted by Gasteiger charge is -2.43. The number of rotatable bonds is 5. The minimum absolute atomic E-state index is 0.0132. The Labute approximate surface area is 342 Å². The van der Waals surface area contributed by atoms with E-state index in [1.807, 2.05) is 20.8 Å². The van der Waals surface area contributed by atoms with Gasteiger partial charge in [0.1, 0.15) is 17.2 Å². The van der Waals surface area contributed by atoms with Crippen LogP contribution in [0.1, 0.15) is 85.2 Å². The molecular weight excluding hydrogens is 763 g/mol. The van der Waals surface area contributed by atoms with Gasteiger partial charge in [0.15, 0.2) is 6.61 Å². The van der Waals surface area contributed by atoms with E-state index in [-0.39, 0.29) is 65.0 Å². The second-order valence-electron chi connectivity index (χ2n) is 17.9. The predicted molar refractivity (Wildman–Crippen MR) is 220 cm³/mol. The average Bonchev–Trinajstić information content (AvgIpc) is 3.96. The van der Waals surface area contributed by atoms with Crippen molar-refractivity contribution in [2.24, 2.45) is 0 Å². The zero-order valence-electron chi connectivity index (χ0n) is 34.7. The fourth-order valence-corrected chi connectivity index (χ4v) is 9.50. The number of benzene rings is 2.